The number of hydrogen-bond donors (Lipinski definition) is 1. The van der Waals surface area contributed by atoms with Gasteiger partial charge in [0.15, 0.2) is 5.16 Å². The number of aromatic nitrogens is 2. The van der Waals surface area contributed by atoms with Gasteiger partial charge in [-0.3, -0.25) is 4.90 Å². The maximum atomic E-state index is 11.2. The summed E-state index contributed by atoms with van der Waals surface area (Å²) in [5.41, 5.74) is 3.06. The number of aryl methyl sites for hydroxylation is 1. The molecule has 0 saturated heterocycles. The van der Waals surface area contributed by atoms with Crippen molar-refractivity contribution >= 4 is 23.5 Å². The van der Waals surface area contributed by atoms with Gasteiger partial charge in [-0.15, -0.1) is 0 Å². The summed E-state index contributed by atoms with van der Waals surface area (Å²) in [6, 6.07) is 7.76. The van der Waals surface area contributed by atoms with Crippen LogP contribution in [0.2, 0.25) is 0 Å². The van der Waals surface area contributed by atoms with E-state index in [1.165, 1.54) is 18.8 Å². The first-order valence-electron chi connectivity index (χ1n) is 5.98. The van der Waals surface area contributed by atoms with Gasteiger partial charge in [0.05, 0.1) is 17.6 Å². The normalized spacial score (nSPS) is 10.3. The van der Waals surface area contributed by atoms with E-state index in [4.69, 9.17) is 5.11 Å². The van der Waals surface area contributed by atoms with E-state index < -0.39 is 6.09 Å². The van der Waals surface area contributed by atoms with Crippen molar-refractivity contribution in [2.24, 2.45) is 0 Å². The molecule has 2 aromatic rings. The van der Waals surface area contributed by atoms with Crippen LogP contribution in [0.25, 0.3) is 11.3 Å². The Morgan fingerprint density at radius 2 is 2.05 bits per heavy atom. The Balaban J connectivity index is 2.65. The van der Waals surface area contributed by atoms with Crippen molar-refractivity contribution in [3.63, 3.8) is 0 Å². The van der Waals surface area contributed by atoms with Crippen LogP contribution in [0.1, 0.15) is 5.56 Å². The Labute approximate surface area is 121 Å². The highest BCUT2D eigenvalue weighted by atomic mass is 32.2. The number of carbonyl (C=O) groups is 1. The molecule has 0 aliphatic rings. The number of anilines is 1. The van der Waals surface area contributed by atoms with Crippen molar-refractivity contribution in [2.45, 2.75) is 12.1 Å². The minimum absolute atomic E-state index is 0.476. The second-order valence-electron chi connectivity index (χ2n) is 4.25. The Kier molecular flexibility index (Phi) is 4.24. The molecule has 0 radical (unpaired) electrons. The minimum atomic E-state index is -1.04. The largest absolute Gasteiger partial charge is 0.465 e. The lowest BCUT2D eigenvalue weighted by molar-refractivity contribution is 0.203. The Morgan fingerprint density at radius 1 is 1.35 bits per heavy atom. The number of rotatable bonds is 3. The zero-order valence-corrected chi connectivity index (χ0v) is 12.3. The summed E-state index contributed by atoms with van der Waals surface area (Å²) in [6.45, 7) is 1.97. The average molecular weight is 289 g/mol. The Hall–Kier alpha value is -2.08. The van der Waals surface area contributed by atoms with Crippen LogP contribution in [0.4, 0.5) is 10.5 Å². The van der Waals surface area contributed by atoms with Gasteiger partial charge in [-0.2, -0.15) is 0 Å². The molecule has 1 aromatic heterocycles. The van der Waals surface area contributed by atoms with Crippen molar-refractivity contribution in [2.75, 3.05) is 18.2 Å². The molecule has 104 valence electrons. The second-order valence-corrected chi connectivity index (χ2v) is 5.02. The first-order valence-corrected chi connectivity index (χ1v) is 7.20. The SMILES string of the molecule is CSc1ncc(N(C)C(=O)O)c(-c2ccccc2C)n1. The fourth-order valence-electron chi connectivity index (χ4n) is 1.84. The van der Waals surface area contributed by atoms with Crippen LogP contribution < -0.4 is 4.90 Å². The van der Waals surface area contributed by atoms with Gasteiger partial charge in [0, 0.05) is 12.6 Å². The lowest BCUT2D eigenvalue weighted by atomic mass is 10.0. The van der Waals surface area contributed by atoms with Crippen molar-refractivity contribution < 1.29 is 9.90 Å². The van der Waals surface area contributed by atoms with E-state index in [-0.39, 0.29) is 0 Å². The fourth-order valence-corrected chi connectivity index (χ4v) is 2.18. The molecular formula is C14H15N3O2S. The molecule has 1 amide bonds. The van der Waals surface area contributed by atoms with Crippen molar-refractivity contribution in [1.82, 2.24) is 9.97 Å². The quantitative estimate of drug-likeness (QED) is 0.693. The second kappa shape index (κ2) is 5.92. The predicted octanol–water partition coefficient (Wildman–Crippen LogP) is 3.29. The number of benzene rings is 1. The number of thioether (sulfide) groups is 1. The molecular weight excluding hydrogens is 274 g/mol. The summed E-state index contributed by atoms with van der Waals surface area (Å²) in [6.07, 6.45) is 2.40. The highest BCUT2D eigenvalue weighted by Crippen LogP contribution is 2.31. The maximum Gasteiger partial charge on any atom is 0.411 e. The van der Waals surface area contributed by atoms with E-state index in [0.29, 0.717) is 16.5 Å². The van der Waals surface area contributed by atoms with Crippen LogP contribution in [0.15, 0.2) is 35.6 Å². The summed E-state index contributed by atoms with van der Waals surface area (Å²) in [5, 5.41) is 9.78. The zero-order valence-electron chi connectivity index (χ0n) is 11.5. The van der Waals surface area contributed by atoms with Gasteiger partial charge in [-0.05, 0) is 18.7 Å². The molecule has 1 heterocycles. The summed E-state index contributed by atoms with van der Waals surface area (Å²) < 4.78 is 0. The van der Waals surface area contributed by atoms with E-state index in [9.17, 15) is 4.79 Å². The van der Waals surface area contributed by atoms with Gasteiger partial charge >= 0.3 is 6.09 Å². The van der Waals surface area contributed by atoms with Crippen molar-refractivity contribution in [1.29, 1.82) is 0 Å². The number of nitrogens with zero attached hydrogens (tertiary/aromatic N) is 3. The van der Waals surface area contributed by atoms with Crippen LogP contribution >= 0.6 is 11.8 Å². The minimum Gasteiger partial charge on any atom is -0.465 e. The Morgan fingerprint density at radius 3 is 2.65 bits per heavy atom. The standard InChI is InChI=1S/C14H15N3O2S/c1-9-6-4-5-7-10(9)12-11(17(2)14(18)19)8-15-13(16-12)20-3/h4-8H,1-3H3,(H,18,19). The van der Waals surface area contributed by atoms with Gasteiger partial charge in [0.2, 0.25) is 0 Å². The molecule has 0 aliphatic heterocycles. The van der Waals surface area contributed by atoms with Crippen molar-refractivity contribution in [3.05, 3.63) is 36.0 Å². The van der Waals surface area contributed by atoms with Gasteiger partial charge < -0.3 is 5.11 Å². The molecule has 5 nitrogen and oxygen atoms in total. The van der Waals surface area contributed by atoms with Gasteiger partial charge in [0.1, 0.15) is 0 Å². The van der Waals surface area contributed by atoms with Crippen LogP contribution in [0.3, 0.4) is 0 Å². The average Bonchev–Trinajstić information content (AvgIpc) is 2.46. The van der Waals surface area contributed by atoms with Gasteiger partial charge in [-0.1, -0.05) is 36.0 Å². The van der Waals surface area contributed by atoms with E-state index in [0.717, 1.165) is 16.0 Å². The molecule has 0 bridgehead atoms. The number of amides is 1. The Bertz CT molecular complexity index is 646. The molecule has 0 aliphatic carbocycles. The number of carboxylic acid groups (broad SMARTS) is 1. The van der Waals surface area contributed by atoms with Gasteiger partial charge in [-0.25, -0.2) is 14.8 Å². The predicted molar refractivity (Wildman–Crippen MR) is 80.4 cm³/mol. The molecule has 1 aromatic carbocycles. The molecule has 20 heavy (non-hydrogen) atoms. The maximum absolute atomic E-state index is 11.2. The third kappa shape index (κ3) is 2.75. The third-order valence-corrected chi connectivity index (χ3v) is 3.54. The van der Waals surface area contributed by atoms with Crippen LogP contribution in [0, 0.1) is 6.92 Å². The monoisotopic (exact) mass is 289 g/mol. The van der Waals surface area contributed by atoms with E-state index in [1.807, 2.05) is 37.4 Å². The summed E-state index contributed by atoms with van der Waals surface area (Å²) in [5.74, 6) is 0. The van der Waals surface area contributed by atoms with Crippen LogP contribution in [-0.2, 0) is 0 Å². The molecule has 0 spiro atoms. The molecule has 6 heteroatoms. The molecule has 1 N–H and O–H groups in total. The fraction of sp³-hybridized carbons (Fsp3) is 0.214. The van der Waals surface area contributed by atoms with Gasteiger partial charge in [0.25, 0.3) is 0 Å². The highest BCUT2D eigenvalue weighted by molar-refractivity contribution is 7.98. The smallest absolute Gasteiger partial charge is 0.411 e. The van der Waals surface area contributed by atoms with E-state index in [2.05, 4.69) is 9.97 Å². The van der Waals surface area contributed by atoms with E-state index >= 15 is 0 Å². The summed E-state index contributed by atoms with van der Waals surface area (Å²) in [4.78, 5) is 21.0. The molecule has 2 rings (SSSR count). The first kappa shape index (κ1) is 14.3. The third-order valence-electron chi connectivity index (χ3n) is 2.98. The highest BCUT2D eigenvalue weighted by Gasteiger charge is 2.18. The molecule has 0 fully saturated rings. The molecule has 0 unspecified atom stereocenters. The van der Waals surface area contributed by atoms with Crippen molar-refractivity contribution in [3.8, 4) is 11.3 Å². The topological polar surface area (TPSA) is 66.3 Å². The summed E-state index contributed by atoms with van der Waals surface area (Å²) in [7, 11) is 1.49. The van der Waals surface area contributed by atoms with Crippen LogP contribution in [-0.4, -0.2) is 34.5 Å². The zero-order chi connectivity index (χ0) is 14.7. The molecule has 0 atom stereocenters. The summed E-state index contributed by atoms with van der Waals surface area (Å²) >= 11 is 1.42. The molecule has 0 saturated carbocycles. The first-order chi connectivity index (χ1) is 9.54. The lowest BCUT2D eigenvalue weighted by Crippen LogP contribution is -2.25. The van der Waals surface area contributed by atoms with Crippen LogP contribution in [0.5, 0.6) is 0 Å². The van der Waals surface area contributed by atoms with E-state index in [1.54, 1.807) is 6.20 Å². The lowest BCUT2D eigenvalue weighted by Gasteiger charge is -2.17. The number of hydrogen-bond acceptors (Lipinski definition) is 4.